The second-order valence-corrected chi connectivity index (χ2v) is 12.2. The van der Waals surface area contributed by atoms with Crippen LogP contribution in [0.3, 0.4) is 0 Å². The van der Waals surface area contributed by atoms with Gasteiger partial charge < -0.3 is 14.9 Å². The number of pyridine rings is 1. The maximum absolute atomic E-state index is 13.5. The van der Waals surface area contributed by atoms with Crippen molar-refractivity contribution in [2.24, 2.45) is 0 Å². The van der Waals surface area contributed by atoms with Crippen LogP contribution in [0.2, 0.25) is 0 Å². The van der Waals surface area contributed by atoms with E-state index in [1.165, 1.54) is 29.0 Å². The van der Waals surface area contributed by atoms with Gasteiger partial charge >= 0.3 is 0 Å². The first-order valence-corrected chi connectivity index (χ1v) is 15.2. The van der Waals surface area contributed by atoms with Crippen molar-refractivity contribution >= 4 is 33.8 Å². The number of amides is 1. The van der Waals surface area contributed by atoms with Crippen LogP contribution in [0.5, 0.6) is 0 Å². The number of hydrogen-bond acceptors (Lipinski definition) is 8. The van der Waals surface area contributed by atoms with E-state index in [2.05, 4.69) is 41.5 Å². The van der Waals surface area contributed by atoms with Crippen molar-refractivity contribution in [3.8, 4) is 17.3 Å². The van der Waals surface area contributed by atoms with Gasteiger partial charge in [0.1, 0.15) is 33.9 Å². The van der Waals surface area contributed by atoms with Gasteiger partial charge in [0.2, 0.25) is 5.91 Å². The molecule has 9 nitrogen and oxygen atoms in total. The van der Waals surface area contributed by atoms with Crippen molar-refractivity contribution in [2.45, 2.75) is 45.1 Å². The number of nitrogens with zero attached hydrogens (tertiary/aromatic N) is 7. The number of carbonyl (C=O) groups is 1. The number of likely N-dealkylation sites (tertiary alicyclic amines) is 2. The van der Waals surface area contributed by atoms with Crippen LogP contribution in [0.1, 0.15) is 47.4 Å². The molecule has 3 aromatic heterocycles. The molecule has 0 atom stereocenters. The summed E-state index contributed by atoms with van der Waals surface area (Å²) in [5.74, 6) is 1.05. The lowest BCUT2D eigenvalue weighted by Crippen LogP contribution is -2.56. The first-order chi connectivity index (χ1) is 20.2. The van der Waals surface area contributed by atoms with Crippen LogP contribution in [0, 0.1) is 24.1 Å². The van der Waals surface area contributed by atoms with Crippen LogP contribution >= 0.6 is 11.3 Å². The lowest BCUT2D eigenvalue weighted by molar-refractivity contribution is -0.142. The van der Waals surface area contributed by atoms with Gasteiger partial charge in [0.15, 0.2) is 5.13 Å². The Balaban J connectivity index is 1.27. The first kappa shape index (κ1) is 28.3. The normalized spacial score (nSPS) is 16.5. The fourth-order valence-electron chi connectivity index (χ4n) is 5.98. The van der Waals surface area contributed by atoms with Crippen LogP contribution < -0.4 is 4.90 Å². The SMILES string of the molecule is CCc1nc2c(C)cc(C3CCN(CC(=O)N4CC(O)C4)CC3)cn2c1N(C)c1nc(-c2ccc(F)cc2)c(C#N)s1. The summed E-state index contributed by atoms with van der Waals surface area (Å²) in [5, 5.41) is 20.0. The summed E-state index contributed by atoms with van der Waals surface area (Å²) in [6.07, 6.45) is 4.46. The van der Waals surface area contributed by atoms with Gasteiger partial charge in [-0.25, -0.2) is 14.4 Å². The van der Waals surface area contributed by atoms with Crippen molar-refractivity contribution in [3.05, 3.63) is 64.0 Å². The summed E-state index contributed by atoms with van der Waals surface area (Å²) < 4.78 is 15.7. The van der Waals surface area contributed by atoms with Gasteiger partial charge in [0.25, 0.3) is 0 Å². The Bertz CT molecular complexity index is 1660. The molecule has 4 aromatic rings. The largest absolute Gasteiger partial charge is 0.389 e. The minimum absolute atomic E-state index is 0.0959. The van der Waals surface area contributed by atoms with Gasteiger partial charge in [-0.2, -0.15) is 5.26 Å². The van der Waals surface area contributed by atoms with Crippen molar-refractivity contribution in [1.82, 2.24) is 24.2 Å². The van der Waals surface area contributed by atoms with E-state index < -0.39 is 0 Å². The molecule has 2 aliphatic rings. The third kappa shape index (κ3) is 5.26. The zero-order valence-corrected chi connectivity index (χ0v) is 24.9. The number of aliphatic hydroxyl groups excluding tert-OH is 1. The quantitative estimate of drug-likeness (QED) is 0.340. The number of rotatable bonds is 7. The molecule has 6 rings (SSSR count). The van der Waals surface area contributed by atoms with E-state index in [0.717, 1.165) is 55.1 Å². The first-order valence-electron chi connectivity index (χ1n) is 14.4. The third-order valence-corrected chi connectivity index (χ3v) is 9.41. The zero-order valence-electron chi connectivity index (χ0n) is 24.0. The van der Waals surface area contributed by atoms with Crippen LogP contribution in [-0.2, 0) is 11.2 Å². The molecule has 0 radical (unpaired) electrons. The average Bonchev–Trinajstić information content (AvgIpc) is 3.58. The smallest absolute Gasteiger partial charge is 0.236 e. The minimum Gasteiger partial charge on any atom is -0.389 e. The summed E-state index contributed by atoms with van der Waals surface area (Å²) >= 11 is 1.31. The van der Waals surface area contributed by atoms with E-state index in [0.29, 0.717) is 46.8 Å². The molecular formula is C31H34FN7O2S. The van der Waals surface area contributed by atoms with Gasteiger partial charge in [-0.05, 0) is 80.6 Å². The van der Waals surface area contributed by atoms with Crippen molar-refractivity contribution in [2.75, 3.05) is 44.7 Å². The number of piperidine rings is 1. The number of carbonyl (C=O) groups excluding carboxylic acids is 1. The highest BCUT2D eigenvalue weighted by molar-refractivity contribution is 7.16. The molecule has 1 N–H and O–H groups in total. The maximum atomic E-state index is 13.5. The van der Waals surface area contributed by atoms with Gasteiger partial charge in [0, 0.05) is 31.9 Å². The Morgan fingerprint density at radius 1 is 1.21 bits per heavy atom. The third-order valence-electron chi connectivity index (χ3n) is 8.38. The molecule has 1 aromatic carbocycles. The van der Waals surface area contributed by atoms with Crippen molar-refractivity contribution < 1.29 is 14.3 Å². The van der Waals surface area contributed by atoms with Crippen molar-refractivity contribution in [3.63, 3.8) is 0 Å². The van der Waals surface area contributed by atoms with E-state index >= 15 is 0 Å². The number of anilines is 2. The molecule has 1 amide bonds. The van der Waals surface area contributed by atoms with Crippen LogP contribution in [0.25, 0.3) is 16.9 Å². The number of benzene rings is 1. The average molecular weight is 588 g/mol. The molecule has 0 unspecified atom stereocenters. The van der Waals surface area contributed by atoms with E-state index in [1.807, 2.05) is 11.9 Å². The van der Waals surface area contributed by atoms with Gasteiger partial charge in [-0.15, -0.1) is 0 Å². The molecule has 2 saturated heterocycles. The molecule has 2 fully saturated rings. The second-order valence-electron chi connectivity index (χ2n) is 11.2. The van der Waals surface area contributed by atoms with Crippen LogP contribution in [0.15, 0.2) is 36.5 Å². The fourth-order valence-corrected chi connectivity index (χ4v) is 6.83. The second kappa shape index (κ2) is 11.4. The zero-order chi connectivity index (χ0) is 29.5. The number of thiazole rings is 1. The van der Waals surface area contributed by atoms with Gasteiger partial charge in [0.05, 0.1) is 18.3 Å². The number of hydrogen-bond donors (Lipinski definition) is 1. The summed E-state index contributed by atoms with van der Waals surface area (Å²) in [6, 6.07) is 10.5. The predicted molar refractivity (Wildman–Crippen MR) is 161 cm³/mol. The molecule has 0 bridgehead atoms. The number of halogens is 1. The van der Waals surface area contributed by atoms with E-state index in [4.69, 9.17) is 9.97 Å². The summed E-state index contributed by atoms with van der Waals surface area (Å²) in [6.45, 7) is 7.18. The number of imidazole rings is 1. The highest BCUT2D eigenvalue weighted by Crippen LogP contribution is 2.38. The molecule has 0 aliphatic carbocycles. The number of aliphatic hydroxyl groups is 1. The molecule has 218 valence electrons. The number of aryl methyl sites for hydroxylation is 2. The van der Waals surface area contributed by atoms with Crippen LogP contribution in [0.4, 0.5) is 15.3 Å². The molecule has 42 heavy (non-hydrogen) atoms. The molecule has 11 heteroatoms. The monoisotopic (exact) mass is 587 g/mol. The lowest BCUT2D eigenvalue weighted by atomic mass is 9.89. The topological polar surface area (TPSA) is 101 Å². The minimum atomic E-state index is -0.376. The van der Waals surface area contributed by atoms with Gasteiger partial charge in [-0.3, -0.25) is 14.1 Å². The number of β-amino-alcohol motifs (C(OH)–C–C–N with tert-alkyl or cyclic N) is 1. The predicted octanol–water partition coefficient (Wildman–Crippen LogP) is 4.49. The fraction of sp³-hybridized carbons (Fsp3) is 0.419. The van der Waals surface area contributed by atoms with E-state index in [9.17, 15) is 19.6 Å². The highest BCUT2D eigenvalue weighted by atomic mass is 32.1. The van der Waals surface area contributed by atoms with E-state index in [-0.39, 0.29) is 17.8 Å². The Morgan fingerprint density at radius 3 is 2.57 bits per heavy atom. The Kier molecular flexibility index (Phi) is 7.70. The Hall–Kier alpha value is -3.85. The molecule has 5 heterocycles. The van der Waals surface area contributed by atoms with E-state index in [1.54, 1.807) is 17.0 Å². The Morgan fingerprint density at radius 2 is 1.93 bits per heavy atom. The summed E-state index contributed by atoms with van der Waals surface area (Å²) in [5.41, 5.74) is 5.43. The number of fused-ring (bicyclic) bond motifs is 1. The lowest BCUT2D eigenvalue weighted by Gasteiger charge is -2.38. The summed E-state index contributed by atoms with van der Waals surface area (Å²) in [7, 11) is 1.95. The number of aromatic nitrogens is 3. The maximum Gasteiger partial charge on any atom is 0.236 e. The standard InChI is InChI=1S/C31H34FN7O2S/c1-4-25-30(36(3)31-35-28(26(14-33)42-31)21-5-7-23(32)8-6-21)39-15-22(13-19(2)29(39)34-25)20-9-11-37(12-10-20)18-27(41)38-16-24(40)17-38/h5-8,13,15,20,24,40H,4,9-12,16-18H2,1-3H3. The van der Waals surface area contributed by atoms with Crippen LogP contribution in [-0.4, -0.2) is 81.1 Å². The molecule has 2 aliphatic heterocycles. The highest BCUT2D eigenvalue weighted by Gasteiger charge is 2.31. The molecule has 0 spiro atoms. The van der Waals surface area contributed by atoms with Gasteiger partial charge in [-0.1, -0.05) is 24.3 Å². The molecular weight excluding hydrogens is 553 g/mol. The Labute approximate surface area is 248 Å². The number of nitriles is 1. The van der Waals surface area contributed by atoms with Crippen molar-refractivity contribution in [1.29, 1.82) is 5.26 Å². The summed E-state index contributed by atoms with van der Waals surface area (Å²) in [4.78, 5) is 28.7. The molecule has 0 saturated carbocycles.